The number of carbonyl (C=O) groups excluding carboxylic acids is 1. The molecule has 0 aliphatic carbocycles. The Morgan fingerprint density at radius 3 is 2.29 bits per heavy atom. The molecule has 0 rings (SSSR count). The first-order valence-corrected chi connectivity index (χ1v) is 1.51. The van der Waals surface area contributed by atoms with Gasteiger partial charge in [0.2, 0.25) is 0 Å². The van der Waals surface area contributed by atoms with Crippen LogP contribution in [-0.4, -0.2) is 58.6 Å². The number of hydrogen-bond donors (Lipinski definition) is 0. The van der Waals surface area contributed by atoms with E-state index in [-0.39, 0.29) is 45.5 Å². The molecule has 0 atom stereocenters. The van der Waals surface area contributed by atoms with Gasteiger partial charge in [-0.3, -0.25) is 0 Å². The number of carbonyl (C=O) groups is 1. The molecule has 0 fully saturated rings. The molecule has 0 spiro atoms. The average Bonchev–Trinajstić information content (AvgIpc) is 1.65. The van der Waals surface area contributed by atoms with Gasteiger partial charge in [0, 0.05) is 6.08 Å². The van der Waals surface area contributed by atoms with Gasteiger partial charge in [-0.1, -0.05) is 6.58 Å². The summed E-state index contributed by atoms with van der Waals surface area (Å²) in [6.45, 7) is 3.16. The Bertz CT molecular complexity index is 70.1. The molecule has 0 aromatic carbocycles. The summed E-state index contributed by atoms with van der Waals surface area (Å²) in [6.07, 6.45) is 1.11. The number of hydrogen-bond acceptors (Lipinski definition) is 2. The molecule has 0 aliphatic heterocycles. The summed E-state index contributed by atoms with van der Waals surface area (Å²) in [4.78, 5) is 9.84. The first-order valence-electron chi connectivity index (χ1n) is 1.51. The summed E-state index contributed by atoms with van der Waals surface area (Å²) in [5, 5.41) is 0. The van der Waals surface area contributed by atoms with Crippen molar-refractivity contribution in [1.29, 1.82) is 0 Å². The van der Waals surface area contributed by atoms with Gasteiger partial charge in [0.25, 0.3) is 0 Å². The van der Waals surface area contributed by atoms with Gasteiger partial charge in [0.05, 0.1) is 7.11 Å². The Kier molecular flexibility index (Phi) is 10.2. The number of methoxy groups -OCH3 is 1. The van der Waals surface area contributed by atoms with Crippen molar-refractivity contribution in [1.82, 2.24) is 0 Å². The normalized spacial score (nSPS) is 5.86. The molecule has 2 nitrogen and oxygen atoms in total. The predicted octanol–water partition coefficient (Wildman–Crippen LogP) is -0.571. The fourth-order valence-corrected chi connectivity index (χ4v) is 0.0833. The molecule has 7 heavy (non-hydrogen) atoms. The van der Waals surface area contributed by atoms with Gasteiger partial charge in [-0.15, -0.1) is 0 Å². The van der Waals surface area contributed by atoms with E-state index in [4.69, 9.17) is 0 Å². The van der Waals surface area contributed by atoms with E-state index in [1.165, 1.54) is 7.11 Å². The summed E-state index contributed by atoms with van der Waals surface area (Å²) in [6, 6.07) is 0. The van der Waals surface area contributed by atoms with Crippen LogP contribution in [0.1, 0.15) is 0 Å². The molecule has 0 saturated heterocycles. The zero-order valence-corrected chi connectivity index (χ0v) is 3.60. The predicted molar refractivity (Wildman–Crippen MR) is 30.8 cm³/mol. The first kappa shape index (κ1) is 10.6. The minimum atomic E-state index is -0.394. The van der Waals surface area contributed by atoms with Crippen molar-refractivity contribution in [3.05, 3.63) is 12.7 Å². The fourth-order valence-electron chi connectivity index (χ4n) is 0.0833. The molecule has 3 heteroatoms. The topological polar surface area (TPSA) is 26.3 Å². The summed E-state index contributed by atoms with van der Waals surface area (Å²) < 4.78 is 4.14. The van der Waals surface area contributed by atoms with E-state index >= 15 is 0 Å². The fraction of sp³-hybridized carbons (Fsp3) is 0.250. The van der Waals surface area contributed by atoms with Gasteiger partial charge in [0.1, 0.15) is 0 Å². The maximum absolute atomic E-state index is 9.84. The van der Waals surface area contributed by atoms with E-state index in [2.05, 4.69) is 11.3 Å². The van der Waals surface area contributed by atoms with Crippen LogP contribution in [0, 0.1) is 0 Å². The second kappa shape index (κ2) is 6.69. The molecule has 0 aromatic rings. The maximum atomic E-state index is 9.84. The summed E-state index contributed by atoms with van der Waals surface area (Å²) in [5.41, 5.74) is 0. The van der Waals surface area contributed by atoms with Gasteiger partial charge < -0.3 is 4.74 Å². The molecular formula is C4H8O2Sr. The van der Waals surface area contributed by atoms with Crippen LogP contribution >= 0.6 is 0 Å². The van der Waals surface area contributed by atoms with Gasteiger partial charge in [-0.2, -0.15) is 0 Å². The Balaban J connectivity index is 0. The summed E-state index contributed by atoms with van der Waals surface area (Å²) in [5.74, 6) is -0.394. The van der Waals surface area contributed by atoms with Crippen molar-refractivity contribution in [2.24, 2.45) is 0 Å². The molecule has 0 bridgehead atoms. The molecule has 0 aliphatic rings. The third-order valence-corrected chi connectivity index (χ3v) is 0.368. The third kappa shape index (κ3) is 6.69. The van der Waals surface area contributed by atoms with Crippen LogP contribution in [0.2, 0.25) is 0 Å². The van der Waals surface area contributed by atoms with Crippen LogP contribution in [-0.2, 0) is 9.53 Å². The molecule has 0 unspecified atom stereocenters. The SMILES string of the molecule is C=CC(=O)OC.[SrH2]. The zero-order valence-electron chi connectivity index (χ0n) is 3.60. The third-order valence-electron chi connectivity index (χ3n) is 0.368. The minimum absolute atomic E-state index is 0. The van der Waals surface area contributed by atoms with Crippen molar-refractivity contribution in [2.75, 3.05) is 7.11 Å². The van der Waals surface area contributed by atoms with Crippen LogP contribution in [0.4, 0.5) is 0 Å². The molecule has 0 radical (unpaired) electrons. The number of ether oxygens (including phenoxy) is 1. The molecule has 0 amide bonds. The molecule has 0 saturated carbocycles. The van der Waals surface area contributed by atoms with Gasteiger partial charge in [0.15, 0.2) is 0 Å². The monoisotopic (exact) mass is 176 g/mol. The quantitative estimate of drug-likeness (QED) is 0.303. The van der Waals surface area contributed by atoms with Crippen LogP contribution < -0.4 is 0 Å². The van der Waals surface area contributed by atoms with Crippen molar-refractivity contribution >= 4 is 51.5 Å². The van der Waals surface area contributed by atoms with Crippen LogP contribution in [0.15, 0.2) is 12.7 Å². The van der Waals surface area contributed by atoms with E-state index in [1.807, 2.05) is 0 Å². The molecule has 0 heterocycles. The Hall–Kier alpha value is 0.691. The standard InChI is InChI=1S/C4H6O2.Sr.2H/c1-3-4(5)6-2;;;/h3H,1H2,2H3;;;. The van der Waals surface area contributed by atoms with Crippen molar-refractivity contribution in [3.8, 4) is 0 Å². The van der Waals surface area contributed by atoms with Crippen LogP contribution in [0.5, 0.6) is 0 Å². The average molecular weight is 176 g/mol. The Morgan fingerprint density at radius 2 is 2.29 bits per heavy atom. The summed E-state index contributed by atoms with van der Waals surface area (Å²) >= 11 is 0. The Labute approximate surface area is 79.8 Å². The number of rotatable bonds is 1. The van der Waals surface area contributed by atoms with E-state index in [0.29, 0.717) is 0 Å². The van der Waals surface area contributed by atoms with E-state index < -0.39 is 5.97 Å². The first-order chi connectivity index (χ1) is 2.81. The molecule has 38 valence electrons. The van der Waals surface area contributed by atoms with Gasteiger partial charge >= 0.3 is 51.5 Å². The Morgan fingerprint density at radius 1 is 1.86 bits per heavy atom. The van der Waals surface area contributed by atoms with Crippen molar-refractivity contribution in [3.63, 3.8) is 0 Å². The summed E-state index contributed by atoms with van der Waals surface area (Å²) in [7, 11) is 1.31. The molecular weight excluding hydrogens is 168 g/mol. The zero-order chi connectivity index (χ0) is 4.99. The number of esters is 1. The van der Waals surface area contributed by atoms with E-state index in [0.717, 1.165) is 6.08 Å². The second-order valence-electron chi connectivity index (χ2n) is 0.727. The van der Waals surface area contributed by atoms with E-state index in [9.17, 15) is 4.79 Å². The van der Waals surface area contributed by atoms with Crippen molar-refractivity contribution < 1.29 is 9.53 Å². The molecule has 0 N–H and O–H groups in total. The van der Waals surface area contributed by atoms with Gasteiger partial charge in [-0.05, 0) is 0 Å². The molecule has 0 aromatic heterocycles. The van der Waals surface area contributed by atoms with Crippen LogP contribution in [0.25, 0.3) is 0 Å². The van der Waals surface area contributed by atoms with Crippen LogP contribution in [0.3, 0.4) is 0 Å². The van der Waals surface area contributed by atoms with Gasteiger partial charge in [-0.25, -0.2) is 4.79 Å². The second-order valence-corrected chi connectivity index (χ2v) is 0.727. The van der Waals surface area contributed by atoms with E-state index in [1.54, 1.807) is 0 Å². The van der Waals surface area contributed by atoms with Crippen molar-refractivity contribution in [2.45, 2.75) is 0 Å².